The van der Waals surface area contributed by atoms with Crippen molar-refractivity contribution in [1.82, 2.24) is 0 Å². The van der Waals surface area contributed by atoms with Crippen molar-refractivity contribution in [2.24, 2.45) is 5.41 Å². The maximum atomic E-state index is 2.37. The second-order valence-electron chi connectivity index (χ2n) is 4.50. The molecule has 0 amide bonds. The zero-order valence-corrected chi connectivity index (χ0v) is 8.70. The summed E-state index contributed by atoms with van der Waals surface area (Å²) in [4.78, 5) is 0. The lowest BCUT2D eigenvalue weighted by Gasteiger charge is -2.16. The summed E-state index contributed by atoms with van der Waals surface area (Å²) in [6.07, 6.45) is 6.10. The average Bonchev–Trinajstić information content (AvgIpc) is 1.85. The van der Waals surface area contributed by atoms with E-state index in [1.165, 1.54) is 24.8 Å². The first-order valence-electron chi connectivity index (χ1n) is 4.61. The predicted octanol–water partition coefficient (Wildman–Crippen LogP) is 4.17. The van der Waals surface area contributed by atoms with Gasteiger partial charge in [0.25, 0.3) is 0 Å². The summed E-state index contributed by atoms with van der Waals surface area (Å²) in [5.74, 6) is 0. The number of hydrogen-bond donors (Lipinski definition) is 0. The molecule has 0 saturated heterocycles. The van der Waals surface area contributed by atoms with Crippen LogP contribution in [-0.4, -0.2) is 0 Å². The number of rotatable bonds is 3. The third kappa shape index (κ3) is 7.64. The first kappa shape index (κ1) is 10.7. The molecule has 0 radical (unpaired) electrons. The molecule has 0 spiro atoms. The van der Waals surface area contributed by atoms with Gasteiger partial charge >= 0.3 is 0 Å². The van der Waals surface area contributed by atoms with Crippen LogP contribution in [0.2, 0.25) is 0 Å². The minimum absolute atomic E-state index is 0.491. The largest absolute Gasteiger partial charge is 0.0856 e. The van der Waals surface area contributed by atoms with Crippen LogP contribution in [0.25, 0.3) is 0 Å². The Morgan fingerprint density at radius 3 is 2.18 bits per heavy atom. The van der Waals surface area contributed by atoms with Crippen molar-refractivity contribution in [2.75, 3.05) is 0 Å². The summed E-state index contributed by atoms with van der Waals surface area (Å²) in [6.45, 7) is 11.3. The molecule has 0 aromatic rings. The van der Waals surface area contributed by atoms with Crippen molar-refractivity contribution in [3.05, 3.63) is 11.6 Å². The van der Waals surface area contributed by atoms with Gasteiger partial charge in [0.2, 0.25) is 0 Å². The fourth-order valence-corrected chi connectivity index (χ4v) is 0.896. The highest BCUT2D eigenvalue weighted by molar-refractivity contribution is 4.96. The quantitative estimate of drug-likeness (QED) is 0.535. The molecule has 0 aliphatic rings. The third-order valence-electron chi connectivity index (χ3n) is 1.94. The van der Waals surface area contributed by atoms with Crippen molar-refractivity contribution in [3.63, 3.8) is 0 Å². The molecule has 0 bridgehead atoms. The highest BCUT2D eigenvalue weighted by Gasteiger charge is 2.07. The molecular formula is C11H22. The van der Waals surface area contributed by atoms with Gasteiger partial charge < -0.3 is 0 Å². The van der Waals surface area contributed by atoms with Gasteiger partial charge in [-0.25, -0.2) is 0 Å². The van der Waals surface area contributed by atoms with Gasteiger partial charge in [-0.3, -0.25) is 0 Å². The van der Waals surface area contributed by atoms with E-state index in [1.54, 1.807) is 0 Å². The first-order valence-corrected chi connectivity index (χ1v) is 4.61. The Balaban J connectivity index is 3.57. The van der Waals surface area contributed by atoms with Crippen LogP contribution in [0.5, 0.6) is 0 Å². The van der Waals surface area contributed by atoms with Crippen molar-refractivity contribution >= 4 is 0 Å². The van der Waals surface area contributed by atoms with Gasteiger partial charge in [-0.15, -0.1) is 0 Å². The fourth-order valence-electron chi connectivity index (χ4n) is 0.896. The summed E-state index contributed by atoms with van der Waals surface area (Å²) in [5.41, 5.74) is 2.01. The van der Waals surface area contributed by atoms with Crippen molar-refractivity contribution < 1.29 is 0 Å². The monoisotopic (exact) mass is 154 g/mol. The van der Waals surface area contributed by atoms with Crippen LogP contribution in [0.1, 0.15) is 53.9 Å². The van der Waals surface area contributed by atoms with Gasteiger partial charge in [0, 0.05) is 0 Å². The molecule has 66 valence electrons. The lowest BCUT2D eigenvalue weighted by Crippen LogP contribution is -2.03. The fraction of sp³-hybridized carbons (Fsp3) is 0.818. The summed E-state index contributed by atoms with van der Waals surface area (Å²) < 4.78 is 0. The van der Waals surface area contributed by atoms with Crippen LogP contribution in [0.3, 0.4) is 0 Å². The molecule has 0 aromatic heterocycles. The zero-order chi connectivity index (χ0) is 8.91. The van der Waals surface area contributed by atoms with E-state index >= 15 is 0 Å². The van der Waals surface area contributed by atoms with E-state index in [2.05, 4.69) is 40.7 Å². The normalized spacial score (nSPS) is 13.7. The molecule has 0 aromatic carbocycles. The highest BCUT2D eigenvalue weighted by atomic mass is 14.1. The molecule has 0 unspecified atom stereocenters. The maximum Gasteiger partial charge on any atom is -0.0343 e. The Morgan fingerprint density at radius 2 is 1.82 bits per heavy atom. The third-order valence-corrected chi connectivity index (χ3v) is 1.94. The maximum absolute atomic E-state index is 2.37. The van der Waals surface area contributed by atoms with E-state index < -0.39 is 0 Å². The van der Waals surface area contributed by atoms with E-state index in [0.717, 1.165) is 0 Å². The lowest BCUT2D eigenvalue weighted by atomic mass is 9.90. The van der Waals surface area contributed by atoms with Crippen LogP contribution in [0.15, 0.2) is 11.6 Å². The molecule has 0 heteroatoms. The van der Waals surface area contributed by atoms with Crippen LogP contribution < -0.4 is 0 Å². The summed E-state index contributed by atoms with van der Waals surface area (Å²) >= 11 is 0. The SMILES string of the molecule is CC/C(C)=C/CCC(C)(C)C. The minimum atomic E-state index is 0.491. The van der Waals surface area contributed by atoms with Crippen molar-refractivity contribution in [1.29, 1.82) is 0 Å². The first-order chi connectivity index (χ1) is 4.95. The second-order valence-corrected chi connectivity index (χ2v) is 4.50. The molecule has 0 nitrogen and oxygen atoms in total. The summed E-state index contributed by atoms with van der Waals surface area (Å²) in [5, 5.41) is 0. The Bertz CT molecular complexity index is 123. The Kier molecular flexibility index (Phi) is 4.48. The van der Waals surface area contributed by atoms with Crippen LogP contribution in [0.4, 0.5) is 0 Å². The van der Waals surface area contributed by atoms with Crippen molar-refractivity contribution in [2.45, 2.75) is 53.9 Å². The lowest BCUT2D eigenvalue weighted by molar-refractivity contribution is 0.381. The molecule has 0 saturated carbocycles. The second kappa shape index (κ2) is 4.58. The molecule has 0 atom stereocenters. The molecule has 0 fully saturated rings. The Hall–Kier alpha value is -0.260. The van der Waals surface area contributed by atoms with Gasteiger partial charge in [0.15, 0.2) is 0 Å². The smallest absolute Gasteiger partial charge is 0.0343 e. The average molecular weight is 154 g/mol. The summed E-state index contributed by atoms with van der Waals surface area (Å²) in [6, 6.07) is 0. The van der Waals surface area contributed by atoms with E-state index in [-0.39, 0.29) is 0 Å². The standard InChI is InChI=1S/C11H22/c1-6-10(2)8-7-9-11(3,4)5/h8H,6-7,9H2,1-5H3/b10-8+. The van der Waals surface area contributed by atoms with Gasteiger partial charge in [0.1, 0.15) is 0 Å². The van der Waals surface area contributed by atoms with Crippen molar-refractivity contribution in [3.8, 4) is 0 Å². The van der Waals surface area contributed by atoms with E-state index in [9.17, 15) is 0 Å². The van der Waals surface area contributed by atoms with Gasteiger partial charge in [-0.05, 0) is 31.6 Å². The molecule has 11 heavy (non-hydrogen) atoms. The van der Waals surface area contributed by atoms with Gasteiger partial charge in [0.05, 0.1) is 0 Å². The molecule has 0 rings (SSSR count). The van der Waals surface area contributed by atoms with Gasteiger partial charge in [-0.2, -0.15) is 0 Å². The van der Waals surface area contributed by atoms with Crippen LogP contribution in [0, 0.1) is 5.41 Å². The topological polar surface area (TPSA) is 0 Å². The van der Waals surface area contributed by atoms with E-state index in [1.807, 2.05) is 0 Å². The van der Waals surface area contributed by atoms with E-state index in [4.69, 9.17) is 0 Å². The molecule has 0 N–H and O–H groups in total. The zero-order valence-electron chi connectivity index (χ0n) is 8.70. The molecular weight excluding hydrogens is 132 g/mol. The van der Waals surface area contributed by atoms with Gasteiger partial charge in [-0.1, -0.05) is 39.3 Å². The van der Waals surface area contributed by atoms with E-state index in [0.29, 0.717) is 5.41 Å². The molecule has 0 aliphatic carbocycles. The predicted molar refractivity (Wildman–Crippen MR) is 52.7 cm³/mol. The minimum Gasteiger partial charge on any atom is -0.0856 e. The van der Waals surface area contributed by atoms with Crippen LogP contribution >= 0.6 is 0 Å². The summed E-state index contributed by atoms with van der Waals surface area (Å²) in [7, 11) is 0. The highest BCUT2D eigenvalue weighted by Crippen LogP contribution is 2.21. The number of allylic oxidation sites excluding steroid dienone is 2. The Labute approximate surface area is 71.7 Å². The molecule has 0 aliphatic heterocycles. The Morgan fingerprint density at radius 1 is 1.27 bits per heavy atom. The number of hydrogen-bond acceptors (Lipinski definition) is 0. The molecule has 0 heterocycles. The van der Waals surface area contributed by atoms with Crippen LogP contribution in [-0.2, 0) is 0 Å².